The summed E-state index contributed by atoms with van der Waals surface area (Å²) < 4.78 is 8.16. The number of nitrogens with zero attached hydrogens (tertiary/aromatic N) is 4. The molecule has 0 bridgehead atoms. The van der Waals surface area contributed by atoms with Crippen molar-refractivity contribution < 1.29 is 9.53 Å². The molecule has 1 amide bonds. The molecule has 0 aliphatic heterocycles. The van der Waals surface area contributed by atoms with Crippen molar-refractivity contribution in [3.63, 3.8) is 0 Å². The van der Waals surface area contributed by atoms with Gasteiger partial charge < -0.3 is 14.6 Å². The Balaban J connectivity index is 1.87. The first-order valence-electron chi connectivity index (χ1n) is 9.29. The van der Waals surface area contributed by atoms with Crippen LogP contribution in [0.1, 0.15) is 26.3 Å². The highest BCUT2D eigenvalue weighted by atomic mass is 16.5. The van der Waals surface area contributed by atoms with Gasteiger partial charge in [0, 0.05) is 25.2 Å². The molecule has 3 rings (SSSR count). The van der Waals surface area contributed by atoms with Crippen LogP contribution < -0.4 is 10.9 Å². The Morgan fingerprint density at radius 2 is 2.00 bits per heavy atom. The first-order valence-corrected chi connectivity index (χ1v) is 9.29. The summed E-state index contributed by atoms with van der Waals surface area (Å²) >= 11 is 0. The van der Waals surface area contributed by atoms with E-state index in [9.17, 15) is 9.59 Å². The van der Waals surface area contributed by atoms with Gasteiger partial charge in [-0.15, -0.1) is 5.10 Å². The number of carbonyl (C=O) groups excluding carboxylic acids is 1. The molecule has 1 atom stereocenters. The standard InChI is InChI=1S/C20H25N5O3/c1-14(2)12-18(24-8-4-5-9-24)19(26)21-15-6-7-17-16(13-15)20(27)25(23-22-17)10-11-28-3/h4-9,13-14,18H,10-12H2,1-3H3,(H,21,26). The molecule has 1 unspecified atom stereocenters. The molecular formula is C20H25N5O3. The fourth-order valence-electron chi connectivity index (χ4n) is 3.07. The molecule has 0 aliphatic carbocycles. The van der Waals surface area contributed by atoms with Crippen LogP contribution in [0, 0.1) is 5.92 Å². The van der Waals surface area contributed by atoms with E-state index in [-0.39, 0.29) is 17.5 Å². The van der Waals surface area contributed by atoms with E-state index in [0.717, 1.165) is 0 Å². The van der Waals surface area contributed by atoms with Gasteiger partial charge in [-0.05, 0) is 42.7 Å². The molecule has 28 heavy (non-hydrogen) atoms. The van der Waals surface area contributed by atoms with Crippen LogP contribution in [-0.4, -0.2) is 39.2 Å². The van der Waals surface area contributed by atoms with Crippen LogP contribution in [0.2, 0.25) is 0 Å². The van der Waals surface area contributed by atoms with Crippen molar-refractivity contribution in [3.05, 3.63) is 53.1 Å². The average molecular weight is 383 g/mol. The van der Waals surface area contributed by atoms with E-state index >= 15 is 0 Å². The van der Waals surface area contributed by atoms with E-state index < -0.39 is 0 Å². The van der Waals surface area contributed by atoms with Crippen molar-refractivity contribution in [1.29, 1.82) is 0 Å². The summed E-state index contributed by atoms with van der Waals surface area (Å²) in [5.74, 6) is 0.240. The fraction of sp³-hybridized carbons (Fsp3) is 0.400. The average Bonchev–Trinajstić information content (AvgIpc) is 3.20. The van der Waals surface area contributed by atoms with Gasteiger partial charge in [-0.2, -0.15) is 0 Å². The Kier molecular flexibility index (Phi) is 6.20. The number of benzene rings is 1. The third kappa shape index (κ3) is 4.45. The highest BCUT2D eigenvalue weighted by Gasteiger charge is 2.21. The summed E-state index contributed by atoms with van der Waals surface area (Å²) in [4.78, 5) is 25.5. The van der Waals surface area contributed by atoms with E-state index in [4.69, 9.17) is 4.74 Å². The molecule has 2 heterocycles. The Labute approximate surface area is 163 Å². The van der Waals surface area contributed by atoms with Gasteiger partial charge in [-0.1, -0.05) is 19.1 Å². The van der Waals surface area contributed by atoms with E-state index in [1.807, 2.05) is 29.1 Å². The van der Waals surface area contributed by atoms with Crippen molar-refractivity contribution in [3.8, 4) is 0 Å². The number of hydrogen-bond acceptors (Lipinski definition) is 5. The molecule has 1 aromatic carbocycles. The second-order valence-corrected chi connectivity index (χ2v) is 7.11. The number of anilines is 1. The normalized spacial score (nSPS) is 12.4. The number of fused-ring (bicyclic) bond motifs is 1. The number of nitrogens with one attached hydrogen (secondary N) is 1. The van der Waals surface area contributed by atoms with Crippen LogP contribution in [0.4, 0.5) is 5.69 Å². The van der Waals surface area contributed by atoms with Gasteiger partial charge in [0.15, 0.2) is 0 Å². The van der Waals surface area contributed by atoms with Crippen molar-refractivity contribution in [2.75, 3.05) is 19.0 Å². The first kappa shape index (κ1) is 19.8. The van der Waals surface area contributed by atoms with Gasteiger partial charge in [-0.25, -0.2) is 4.68 Å². The minimum absolute atomic E-state index is 0.119. The van der Waals surface area contributed by atoms with Crippen LogP contribution in [-0.2, 0) is 16.1 Å². The minimum Gasteiger partial charge on any atom is -0.383 e. The van der Waals surface area contributed by atoms with Gasteiger partial charge in [0.05, 0.1) is 18.5 Å². The summed E-state index contributed by atoms with van der Waals surface area (Å²) in [6.45, 7) is 4.85. The summed E-state index contributed by atoms with van der Waals surface area (Å²) in [6.07, 6.45) is 4.48. The Morgan fingerprint density at radius 1 is 1.25 bits per heavy atom. The first-order chi connectivity index (χ1) is 13.5. The summed E-state index contributed by atoms with van der Waals surface area (Å²) in [5, 5.41) is 11.3. The molecule has 8 heteroatoms. The van der Waals surface area contributed by atoms with Crippen molar-refractivity contribution in [2.24, 2.45) is 5.92 Å². The third-order valence-corrected chi connectivity index (χ3v) is 4.48. The van der Waals surface area contributed by atoms with Gasteiger partial charge in [0.1, 0.15) is 11.6 Å². The van der Waals surface area contributed by atoms with E-state index in [1.165, 1.54) is 4.68 Å². The number of methoxy groups -OCH3 is 1. The van der Waals surface area contributed by atoms with E-state index in [2.05, 4.69) is 29.5 Å². The van der Waals surface area contributed by atoms with E-state index in [0.29, 0.717) is 42.1 Å². The van der Waals surface area contributed by atoms with Gasteiger partial charge >= 0.3 is 0 Å². The van der Waals surface area contributed by atoms with Crippen LogP contribution in [0.15, 0.2) is 47.5 Å². The molecule has 3 aromatic rings. The number of hydrogen-bond donors (Lipinski definition) is 1. The molecular weight excluding hydrogens is 358 g/mol. The molecule has 8 nitrogen and oxygen atoms in total. The molecule has 148 valence electrons. The predicted molar refractivity (Wildman–Crippen MR) is 107 cm³/mol. The predicted octanol–water partition coefficient (Wildman–Crippen LogP) is 2.47. The zero-order chi connectivity index (χ0) is 20.1. The number of ether oxygens (including phenoxy) is 1. The number of amides is 1. The lowest BCUT2D eigenvalue weighted by Gasteiger charge is -2.20. The van der Waals surface area contributed by atoms with Crippen LogP contribution in [0.3, 0.4) is 0 Å². The fourth-order valence-corrected chi connectivity index (χ4v) is 3.07. The highest BCUT2D eigenvalue weighted by molar-refractivity contribution is 5.95. The van der Waals surface area contributed by atoms with Crippen molar-refractivity contribution in [1.82, 2.24) is 19.6 Å². The number of carbonyl (C=O) groups is 1. The summed E-state index contributed by atoms with van der Waals surface area (Å²) in [6, 6.07) is 8.55. The molecule has 0 fully saturated rings. The molecule has 0 radical (unpaired) electrons. The SMILES string of the molecule is COCCn1nnc2ccc(NC(=O)C(CC(C)C)n3cccc3)cc2c1=O. The topological polar surface area (TPSA) is 91.0 Å². The molecule has 0 saturated heterocycles. The smallest absolute Gasteiger partial charge is 0.277 e. The second-order valence-electron chi connectivity index (χ2n) is 7.11. The monoisotopic (exact) mass is 383 g/mol. The van der Waals surface area contributed by atoms with Gasteiger partial charge in [0.25, 0.3) is 5.56 Å². The largest absolute Gasteiger partial charge is 0.383 e. The van der Waals surface area contributed by atoms with Gasteiger partial charge in [0.2, 0.25) is 5.91 Å². The Bertz CT molecular complexity index is 995. The maximum Gasteiger partial charge on any atom is 0.277 e. The van der Waals surface area contributed by atoms with E-state index in [1.54, 1.807) is 25.3 Å². The number of rotatable bonds is 8. The zero-order valence-corrected chi connectivity index (χ0v) is 16.3. The van der Waals surface area contributed by atoms with Crippen molar-refractivity contribution >= 4 is 22.5 Å². The maximum atomic E-state index is 12.9. The van der Waals surface area contributed by atoms with Crippen LogP contribution in [0.5, 0.6) is 0 Å². The highest BCUT2D eigenvalue weighted by Crippen LogP contribution is 2.21. The molecule has 0 saturated carbocycles. The minimum atomic E-state index is -0.320. The van der Waals surface area contributed by atoms with Crippen LogP contribution >= 0.6 is 0 Å². The summed E-state index contributed by atoms with van der Waals surface area (Å²) in [7, 11) is 1.56. The Hall–Kier alpha value is -3.00. The molecule has 2 aromatic heterocycles. The maximum absolute atomic E-state index is 12.9. The molecule has 0 aliphatic rings. The zero-order valence-electron chi connectivity index (χ0n) is 16.3. The molecule has 0 spiro atoms. The quantitative estimate of drug-likeness (QED) is 0.645. The second kappa shape index (κ2) is 8.79. The van der Waals surface area contributed by atoms with Crippen molar-refractivity contribution in [2.45, 2.75) is 32.9 Å². The summed E-state index contributed by atoms with van der Waals surface area (Å²) in [5.41, 5.74) is 0.782. The Morgan fingerprint density at radius 3 is 2.68 bits per heavy atom. The lowest BCUT2D eigenvalue weighted by molar-refractivity contribution is -0.119. The molecule has 1 N–H and O–H groups in total. The lowest BCUT2D eigenvalue weighted by atomic mass is 10.0. The van der Waals surface area contributed by atoms with Gasteiger partial charge in [-0.3, -0.25) is 9.59 Å². The number of aromatic nitrogens is 4. The lowest BCUT2D eigenvalue weighted by Crippen LogP contribution is -2.27. The van der Waals surface area contributed by atoms with Crippen LogP contribution in [0.25, 0.3) is 10.9 Å². The third-order valence-electron chi connectivity index (χ3n) is 4.48.